The Morgan fingerprint density at radius 2 is 2.12 bits per heavy atom. The molecule has 2 amide bonds. The predicted molar refractivity (Wildman–Crippen MR) is 84.6 cm³/mol. The van der Waals surface area contributed by atoms with E-state index in [4.69, 9.17) is 8.94 Å². The summed E-state index contributed by atoms with van der Waals surface area (Å²) in [6.45, 7) is 0.631. The molecule has 1 aromatic carbocycles. The molecule has 0 saturated heterocycles. The zero-order valence-electron chi connectivity index (χ0n) is 12.5. The summed E-state index contributed by atoms with van der Waals surface area (Å²) < 4.78 is 10.3. The highest BCUT2D eigenvalue weighted by Crippen LogP contribution is 2.22. The van der Waals surface area contributed by atoms with E-state index in [-0.39, 0.29) is 11.6 Å². The molecular weight excluding hydrogens is 310 g/mol. The van der Waals surface area contributed by atoms with Gasteiger partial charge in [-0.1, -0.05) is 11.2 Å². The maximum atomic E-state index is 12.3. The largest absolute Gasteiger partial charge is 0.461 e. The fourth-order valence-corrected chi connectivity index (χ4v) is 2.60. The van der Waals surface area contributed by atoms with Crippen LogP contribution in [-0.2, 0) is 6.42 Å². The van der Waals surface area contributed by atoms with Crippen LogP contribution in [-0.4, -0.2) is 23.5 Å². The Kier molecular flexibility index (Phi) is 3.38. The van der Waals surface area contributed by atoms with E-state index in [0.29, 0.717) is 29.3 Å². The van der Waals surface area contributed by atoms with Crippen LogP contribution >= 0.6 is 0 Å². The lowest BCUT2D eigenvalue weighted by Crippen LogP contribution is -2.31. The Morgan fingerprint density at radius 3 is 2.96 bits per heavy atom. The summed E-state index contributed by atoms with van der Waals surface area (Å²) in [5, 5.41) is 9.24. The van der Waals surface area contributed by atoms with Gasteiger partial charge in [-0.25, -0.2) is 0 Å². The van der Waals surface area contributed by atoms with Gasteiger partial charge < -0.3 is 19.6 Å². The van der Waals surface area contributed by atoms with Crippen LogP contribution in [0.3, 0.4) is 0 Å². The normalized spacial score (nSPS) is 13.2. The molecule has 1 aliphatic rings. The summed E-state index contributed by atoms with van der Waals surface area (Å²) >= 11 is 0. The molecule has 0 spiro atoms. The summed E-state index contributed by atoms with van der Waals surface area (Å²) in [4.78, 5) is 24.1. The van der Waals surface area contributed by atoms with Crippen LogP contribution in [0, 0.1) is 0 Å². The summed E-state index contributed by atoms with van der Waals surface area (Å²) in [6.07, 6.45) is 2.29. The van der Waals surface area contributed by atoms with Crippen LogP contribution in [0.2, 0.25) is 0 Å². The van der Waals surface area contributed by atoms with E-state index >= 15 is 0 Å². The van der Waals surface area contributed by atoms with Gasteiger partial charge in [0, 0.05) is 23.9 Å². The molecule has 1 aliphatic heterocycles. The fraction of sp³-hybridized carbons (Fsp3) is 0.118. The van der Waals surface area contributed by atoms with Crippen molar-refractivity contribution in [2.45, 2.75) is 6.42 Å². The molecule has 7 heteroatoms. The molecule has 4 rings (SSSR count). The Morgan fingerprint density at radius 1 is 1.21 bits per heavy atom. The first-order chi connectivity index (χ1) is 11.7. The van der Waals surface area contributed by atoms with Crippen LogP contribution < -0.4 is 10.6 Å². The molecule has 0 atom stereocenters. The topological polar surface area (TPSA) is 97.4 Å². The second-order valence-corrected chi connectivity index (χ2v) is 5.39. The second kappa shape index (κ2) is 5.69. The van der Waals surface area contributed by atoms with Gasteiger partial charge in [-0.2, -0.15) is 0 Å². The quantitative estimate of drug-likeness (QED) is 0.771. The van der Waals surface area contributed by atoms with Crippen molar-refractivity contribution < 1.29 is 18.5 Å². The van der Waals surface area contributed by atoms with Crippen molar-refractivity contribution >= 4 is 17.5 Å². The zero-order chi connectivity index (χ0) is 16.5. The van der Waals surface area contributed by atoms with Crippen molar-refractivity contribution in [3.8, 4) is 11.5 Å². The van der Waals surface area contributed by atoms with E-state index in [1.807, 2.05) is 6.07 Å². The van der Waals surface area contributed by atoms with Gasteiger partial charge in [0.05, 0.1) is 6.26 Å². The molecule has 0 fully saturated rings. The van der Waals surface area contributed by atoms with Crippen molar-refractivity contribution in [2.24, 2.45) is 0 Å². The molecule has 120 valence electrons. The molecule has 24 heavy (non-hydrogen) atoms. The minimum atomic E-state index is -0.423. The van der Waals surface area contributed by atoms with E-state index in [1.54, 1.807) is 24.3 Å². The van der Waals surface area contributed by atoms with E-state index in [9.17, 15) is 9.59 Å². The molecule has 0 aliphatic carbocycles. The molecule has 0 radical (unpaired) electrons. The molecule has 0 saturated carbocycles. The number of hydrogen-bond acceptors (Lipinski definition) is 5. The maximum Gasteiger partial charge on any atom is 0.277 e. The van der Waals surface area contributed by atoms with Gasteiger partial charge in [-0.05, 0) is 36.2 Å². The lowest BCUT2D eigenvalue weighted by molar-refractivity contribution is 0.0944. The first-order valence-electron chi connectivity index (χ1n) is 7.44. The molecule has 0 bridgehead atoms. The third kappa shape index (κ3) is 2.56. The number of nitrogens with zero attached hydrogens (tertiary/aromatic N) is 1. The molecule has 7 nitrogen and oxygen atoms in total. The molecule has 3 heterocycles. The van der Waals surface area contributed by atoms with Crippen molar-refractivity contribution in [1.82, 2.24) is 10.5 Å². The van der Waals surface area contributed by atoms with E-state index in [0.717, 1.165) is 12.0 Å². The molecule has 0 unspecified atom stereocenters. The second-order valence-electron chi connectivity index (χ2n) is 5.39. The number of fused-ring (bicyclic) bond motifs is 1. The van der Waals surface area contributed by atoms with Crippen LogP contribution in [0.25, 0.3) is 11.5 Å². The molecular formula is C17H13N3O4. The Balaban J connectivity index is 1.54. The first kappa shape index (κ1) is 14.3. The minimum absolute atomic E-state index is 0.128. The number of amides is 2. The highest BCUT2D eigenvalue weighted by Gasteiger charge is 2.19. The van der Waals surface area contributed by atoms with Gasteiger partial charge in [0.15, 0.2) is 11.5 Å². The van der Waals surface area contributed by atoms with Crippen molar-refractivity contribution in [3.63, 3.8) is 0 Å². The van der Waals surface area contributed by atoms with Gasteiger partial charge in [-0.3, -0.25) is 9.59 Å². The Hall–Kier alpha value is -3.35. The fourth-order valence-electron chi connectivity index (χ4n) is 2.60. The number of hydrogen-bond donors (Lipinski definition) is 2. The molecule has 2 N–H and O–H groups in total. The highest BCUT2D eigenvalue weighted by atomic mass is 16.5. The van der Waals surface area contributed by atoms with Crippen LogP contribution in [0.5, 0.6) is 0 Å². The number of carbonyl (C=O) groups excluding carboxylic acids is 2. The van der Waals surface area contributed by atoms with Gasteiger partial charge >= 0.3 is 0 Å². The predicted octanol–water partition coefficient (Wildman–Crippen LogP) is 2.47. The summed E-state index contributed by atoms with van der Waals surface area (Å²) in [5.74, 6) is 0.309. The number of nitrogens with one attached hydrogen (secondary N) is 2. The van der Waals surface area contributed by atoms with Crippen LogP contribution in [0.1, 0.15) is 26.4 Å². The molecule has 3 aromatic rings. The van der Waals surface area contributed by atoms with Gasteiger partial charge in [0.25, 0.3) is 11.8 Å². The lowest BCUT2D eigenvalue weighted by Gasteiger charge is -2.17. The number of anilines is 1. The van der Waals surface area contributed by atoms with E-state index in [2.05, 4.69) is 15.8 Å². The van der Waals surface area contributed by atoms with Gasteiger partial charge in [-0.15, -0.1) is 0 Å². The average Bonchev–Trinajstić information content (AvgIpc) is 3.27. The summed E-state index contributed by atoms with van der Waals surface area (Å²) in [7, 11) is 0. The summed E-state index contributed by atoms with van der Waals surface area (Å²) in [6, 6.07) is 10.2. The standard InChI is InChI=1S/C17H13N3O4/c21-16-12-8-11(4-3-10(12)5-6-18-16)19-17(22)13-9-15(24-20-13)14-2-1-7-23-14/h1-4,7-9H,5-6H2,(H,18,21)(H,19,22). The first-order valence-corrected chi connectivity index (χ1v) is 7.44. The van der Waals surface area contributed by atoms with Crippen LogP contribution in [0.4, 0.5) is 5.69 Å². The number of rotatable bonds is 3. The monoisotopic (exact) mass is 323 g/mol. The SMILES string of the molecule is O=C(Nc1ccc2c(c1)C(=O)NCC2)c1cc(-c2ccco2)on1. The van der Waals surface area contributed by atoms with E-state index < -0.39 is 5.91 Å². The summed E-state index contributed by atoms with van der Waals surface area (Å²) in [5.41, 5.74) is 2.20. The third-order valence-electron chi connectivity index (χ3n) is 3.80. The lowest BCUT2D eigenvalue weighted by atomic mass is 10.00. The third-order valence-corrected chi connectivity index (χ3v) is 3.80. The van der Waals surface area contributed by atoms with Crippen molar-refractivity contribution in [2.75, 3.05) is 11.9 Å². The van der Waals surface area contributed by atoms with E-state index in [1.165, 1.54) is 12.3 Å². The number of benzene rings is 1. The number of aromatic nitrogens is 1. The zero-order valence-corrected chi connectivity index (χ0v) is 12.5. The van der Waals surface area contributed by atoms with Gasteiger partial charge in [0.2, 0.25) is 5.76 Å². The van der Waals surface area contributed by atoms with Crippen molar-refractivity contribution in [3.05, 3.63) is 59.5 Å². The number of carbonyl (C=O) groups is 2. The smallest absolute Gasteiger partial charge is 0.277 e. The Bertz CT molecular complexity index is 912. The Labute approximate surface area is 136 Å². The van der Waals surface area contributed by atoms with Crippen molar-refractivity contribution in [1.29, 1.82) is 0 Å². The maximum absolute atomic E-state index is 12.3. The van der Waals surface area contributed by atoms with Crippen LogP contribution in [0.15, 0.2) is 51.6 Å². The number of furan rings is 1. The molecule has 2 aromatic heterocycles. The average molecular weight is 323 g/mol. The minimum Gasteiger partial charge on any atom is -0.461 e. The van der Waals surface area contributed by atoms with Gasteiger partial charge in [0.1, 0.15) is 0 Å². The highest BCUT2D eigenvalue weighted by molar-refractivity contribution is 6.04.